The lowest BCUT2D eigenvalue weighted by Crippen LogP contribution is -2.27. The lowest BCUT2D eigenvalue weighted by Gasteiger charge is -2.21. The second-order valence-electron chi connectivity index (χ2n) is 5.77. The first-order valence-electron chi connectivity index (χ1n) is 6.83. The second-order valence-corrected chi connectivity index (χ2v) is 6.59. The molecule has 0 amide bonds. The molecule has 3 rings (SSSR count). The SMILES string of the molecule is CCCCN1C[C@@H]2C[C@]2(c2ccc(Cl)c(Cl)c2)C1. The summed E-state index contributed by atoms with van der Waals surface area (Å²) in [5, 5.41) is 1.36. The predicted octanol–water partition coefficient (Wildman–Crippen LogP) is 4.37. The number of benzene rings is 1. The van der Waals surface area contributed by atoms with E-state index in [-0.39, 0.29) is 0 Å². The molecule has 1 saturated heterocycles. The summed E-state index contributed by atoms with van der Waals surface area (Å²) in [4.78, 5) is 2.61. The first-order chi connectivity index (χ1) is 8.65. The number of nitrogens with zero attached hydrogens (tertiary/aromatic N) is 1. The average Bonchev–Trinajstić information content (AvgIpc) is 2.93. The van der Waals surface area contributed by atoms with Crippen LogP contribution in [-0.2, 0) is 5.41 Å². The molecule has 1 heterocycles. The third kappa shape index (κ3) is 2.07. The molecule has 1 aromatic rings. The Morgan fingerprint density at radius 2 is 2.17 bits per heavy atom. The summed E-state index contributed by atoms with van der Waals surface area (Å²) < 4.78 is 0. The van der Waals surface area contributed by atoms with E-state index in [1.807, 2.05) is 6.07 Å². The molecule has 0 unspecified atom stereocenters. The monoisotopic (exact) mass is 283 g/mol. The van der Waals surface area contributed by atoms with Gasteiger partial charge in [0.1, 0.15) is 0 Å². The van der Waals surface area contributed by atoms with E-state index < -0.39 is 0 Å². The molecule has 2 aliphatic rings. The second kappa shape index (κ2) is 4.70. The number of hydrogen-bond donors (Lipinski definition) is 0. The molecule has 0 aromatic heterocycles. The molecule has 0 bridgehead atoms. The Balaban J connectivity index is 1.75. The molecule has 0 N–H and O–H groups in total. The van der Waals surface area contributed by atoms with E-state index in [9.17, 15) is 0 Å². The van der Waals surface area contributed by atoms with Gasteiger partial charge in [0, 0.05) is 18.5 Å². The van der Waals surface area contributed by atoms with Gasteiger partial charge in [0.15, 0.2) is 0 Å². The van der Waals surface area contributed by atoms with Crippen LogP contribution in [-0.4, -0.2) is 24.5 Å². The number of rotatable bonds is 4. The Bertz CT molecular complexity index is 460. The van der Waals surface area contributed by atoms with Crippen molar-refractivity contribution in [2.45, 2.75) is 31.6 Å². The van der Waals surface area contributed by atoms with Crippen molar-refractivity contribution in [2.24, 2.45) is 5.92 Å². The third-order valence-corrected chi connectivity index (χ3v) is 5.28. The highest BCUT2D eigenvalue weighted by atomic mass is 35.5. The van der Waals surface area contributed by atoms with Crippen molar-refractivity contribution in [3.05, 3.63) is 33.8 Å². The standard InChI is InChI=1S/C15H19Cl2N/c1-2-3-6-18-9-12-8-15(12,10-18)11-4-5-13(16)14(17)7-11/h4-5,7,12H,2-3,6,8-10H2,1H3/t12-,15+/m0/s1. The van der Waals surface area contributed by atoms with Gasteiger partial charge in [0.25, 0.3) is 0 Å². The maximum Gasteiger partial charge on any atom is 0.0595 e. The Hall–Kier alpha value is -0.240. The molecule has 1 aromatic carbocycles. The maximum absolute atomic E-state index is 6.15. The zero-order valence-corrected chi connectivity index (χ0v) is 12.3. The Labute approximate surface area is 119 Å². The van der Waals surface area contributed by atoms with Crippen molar-refractivity contribution in [3.8, 4) is 0 Å². The minimum absolute atomic E-state index is 0.391. The van der Waals surface area contributed by atoms with Crippen molar-refractivity contribution in [2.75, 3.05) is 19.6 Å². The molecule has 98 valence electrons. The molecule has 1 aliphatic heterocycles. The zero-order chi connectivity index (χ0) is 12.8. The molecule has 1 nitrogen and oxygen atoms in total. The van der Waals surface area contributed by atoms with Crippen LogP contribution < -0.4 is 0 Å². The topological polar surface area (TPSA) is 3.24 Å². The van der Waals surface area contributed by atoms with Crippen molar-refractivity contribution in [3.63, 3.8) is 0 Å². The Morgan fingerprint density at radius 1 is 1.33 bits per heavy atom. The van der Waals surface area contributed by atoms with Crippen LogP contribution in [0.15, 0.2) is 18.2 Å². The molecule has 1 saturated carbocycles. The quantitative estimate of drug-likeness (QED) is 0.793. The van der Waals surface area contributed by atoms with Crippen LogP contribution in [0.25, 0.3) is 0 Å². The van der Waals surface area contributed by atoms with Crippen LogP contribution in [0.4, 0.5) is 0 Å². The third-order valence-electron chi connectivity index (χ3n) is 4.54. The molecular formula is C15H19Cl2N. The van der Waals surface area contributed by atoms with E-state index in [0.29, 0.717) is 15.5 Å². The Morgan fingerprint density at radius 3 is 2.89 bits per heavy atom. The van der Waals surface area contributed by atoms with Crippen molar-refractivity contribution >= 4 is 23.2 Å². The van der Waals surface area contributed by atoms with E-state index in [2.05, 4.69) is 24.0 Å². The molecule has 2 atom stereocenters. The normalized spacial score (nSPS) is 30.5. The van der Waals surface area contributed by atoms with E-state index in [0.717, 1.165) is 5.92 Å². The van der Waals surface area contributed by atoms with E-state index in [1.165, 1.54) is 44.5 Å². The predicted molar refractivity (Wildman–Crippen MR) is 77.6 cm³/mol. The van der Waals surface area contributed by atoms with Gasteiger partial charge < -0.3 is 4.90 Å². The van der Waals surface area contributed by atoms with Gasteiger partial charge in [0.05, 0.1) is 10.0 Å². The van der Waals surface area contributed by atoms with Gasteiger partial charge in [-0.3, -0.25) is 0 Å². The minimum atomic E-state index is 0.391. The number of unbranched alkanes of at least 4 members (excludes halogenated alkanes) is 1. The van der Waals surface area contributed by atoms with Gasteiger partial charge in [-0.25, -0.2) is 0 Å². The van der Waals surface area contributed by atoms with Gasteiger partial charge in [-0.1, -0.05) is 42.6 Å². The summed E-state index contributed by atoms with van der Waals surface area (Å²) in [6, 6.07) is 6.18. The van der Waals surface area contributed by atoms with E-state index in [4.69, 9.17) is 23.2 Å². The largest absolute Gasteiger partial charge is 0.302 e. The molecule has 0 radical (unpaired) electrons. The van der Waals surface area contributed by atoms with E-state index >= 15 is 0 Å². The number of fused-ring (bicyclic) bond motifs is 1. The highest BCUT2D eigenvalue weighted by Crippen LogP contribution is 2.59. The number of likely N-dealkylation sites (tertiary alicyclic amines) is 1. The summed E-state index contributed by atoms with van der Waals surface area (Å²) in [5.74, 6) is 0.839. The fraction of sp³-hybridized carbons (Fsp3) is 0.600. The summed E-state index contributed by atoms with van der Waals surface area (Å²) in [7, 11) is 0. The van der Waals surface area contributed by atoms with Crippen LogP contribution in [0.2, 0.25) is 10.0 Å². The van der Waals surface area contributed by atoms with Crippen LogP contribution in [0.1, 0.15) is 31.7 Å². The minimum Gasteiger partial charge on any atom is -0.302 e. The van der Waals surface area contributed by atoms with Crippen molar-refractivity contribution in [1.82, 2.24) is 4.90 Å². The molecule has 0 spiro atoms. The lowest BCUT2D eigenvalue weighted by atomic mass is 9.95. The van der Waals surface area contributed by atoms with Gasteiger partial charge in [-0.05, 0) is 43.0 Å². The Kier molecular flexibility index (Phi) is 3.34. The summed E-state index contributed by atoms with van der Waals surface area (Å²) in [5.41, 5.74) is 1.78. The smallest absolute Gasteiger partial charge is 0.0595 e. The lowest BCUT2D eigenvalue weighted by molar-refractivity contribution is 0.293. The summed E-state index contributed by atoms with van der Waals surface area (Å²) in [6.45, 7) is 5.97. The fourth-order valence-corrected chi connectivity index (χ4v) is 3.69. The first kappa shape index (κ1) is 12.8. The van der Waals surface area contributed by atoms with Crippen molar-refractivity contribution in [1.29, 1.82) is 0 Å². The molecule has 1 aliphatic carbocycles. The van der Waals surface area contributed by atoms with Gasteiger partial charge >= 0.3 is 0 Å². The summed E-state index contributed by atoms with van der Waals surface area (Å²) in [6.07, 6.45) is 3.92. The molecule has 2 fully saturated rings. The number of hydrogen-bond acceptors (Lipinski definition) is 1. The maximum atomic E-state index is 6.15. The van der Waals surface area contributed by atoms with E-state index in [1.54, 1.807) is 0 Å². The van der Waals surface area contributed by atoms with Crippen LogP contribution in [0, 0.1) is 5.92 Å². The zero-order valence-electron chi connectivity index (χ0n) is 10.8. The first-order valence-corrected chi connectivity index (χ1v) is 7.59. The highest BCUT2D eigenvalue weighted by Gasteiger charge is 2.60. The number of halogens is 2. The summed E-state index contributed by atoms with van der Waals surface area (Å²) >= 11 is 12.1. The molecule has 18 heavy (non-hydrogen) atoms. The van der Waals surface area contributed by atoms with Gasteiger partial charge in [-0.15, -0.1) is 0 Å². The van der Waals surface area contributed by atoms with Gasteiger partial charge in [0.2, 0.25) is 0 Å². The highest BCUT2D eigenvalue weighted by molar-refractivity contribution is 6.42. The van der Waals surface area contributed by atoms with Crippen LogP contribution in [0.3, 0.4) is 0 Å². The van der Waals surface area contributed by atoms with Crippen LogP contribution >= 0.6 is 23.2 Å². The average molecular weight is 284 g/mol. The van der Waals surface area contributed by atoms with Crippen LogP contribution in [0.5, 0.6) is 0 Å². The van der Waals surface area contributed by atoms with Gasteiger partial charge in [-0.2, -0.15) is 0 Å². The molecule has 3 heteroatoms. The number of piperidine rings is 1. The van der Waals surface area contributed by atoms with Crippen molar-refractivity contribution < 1.29 is 0 Å². The fourth-order valence-electron chi connectivity index (χ4n) is 3.39. The molecular weight excluding hydrogens is 265 g/mol.